The Balaban J connectivity index is -0.0000000708. The van der Waals surface area contributed by atoms with Gasteiger partial charge >= 0.3 is 0 Å². The van der Waals surface area contributed by atoms with E-state index in [-0.39, 0.29) is 0 Å². The maximum Gasteiger partial charge on any atom is 0.0913 e. The summed E-state index contributed by atoms with van der Waals surface area (Å²) in [5.74, 6) is 1.05. The van der Waals surface area contributed by atoms with Gasteiger partial charge in [0.25, 0.3) is 0 Å². The lowest BCUT2D eigenvalue weighted by Gasteiger charge is -2.01. The molecular weight excluding hydrogens is 172 g/mol. The summed E-state index contributed by atoms with van der Waals surface area (Å²) in [5, 5.41) is 0. The van der Waals surface area contributed by atoms with E-state index in [9.17, 15) is 0 Å². The van der Waals surface area contributed by atoms with Crippen molar-refractivity contribution in [3.8, 4) is 0 Å². The third-order valence-electron chi connectivity index (χ3n) is 1.44. The molecule has 90 valence electrons. The van der Waals surface area contributed by atoms with Gasteiger partial charge in [0, 0.05) is 0 Å². The maximum absolute atomic E-state index is 4.98. The van der Waals surface area contributed by atoms with Gasteiger partial charge in [-0.25, -0.2) is 0 Å². The average molecular weight is 204 g/mol. The Bertz CT molecular complexity index is 81.4. The molecule has 0 bridgehead atoms. The summed E-state index contributed by atoms with van der Waals surface area (Å²) in [4.78, 5) is 0. The first kappa shape index (κ1) is 23.4. The monoisotopic (exact) mass is 204 g/mol. The second-order valence-corrected chi connectivity index (χ2v) is 1.89. The fourth-order valence-electron chi connectivity index (χ4n) is 0.423. The molecule has 0 N–H and O–H groups in total. The second-order valence-electron chi connectivity index (χ2n) is 1.89. The molecule has 0 spiro atoms. The fraction of sp³-hybridized carbons (Fsp3) is 0.846. The predicted octanol–water partition coefficient (Wildman–Crippen LogP) is 5.42. The zero-order valence-electron chi connectivity index (χ0n) is 12.1. The molecule has 1 nitrogen and oxygen atoms in total. The summed E-state index contributed by atoms with van der Waals surface area (Å²) in [7, 11) is 1.70. The molecule has 0 aromatic carbocycles. The molecule has 0 heterocycles. The Morgan fingerprint density at radius 2 is 1.14 bits per heavy atom. The van der Waals surface area contributed by atoms with Crippen LogP contribution in [0.1, 0.15) is 68.7 Å². The van der Waals surface area contributed by atoms with Crippen molar-refractivity contribution in [1.29, 1.82) is 0 Å². The van der Waals surface area contributed by atoms with E-state index in [4.69, 9.17) is 4.74 Å². The van der Waals surface area contributed by atoms with Crippen LogP contribution < -0.4 is 0 Å². The molecule has 0 amide bonds. The van der Waals surface area contributed by atoms with Crippen molar-refractivity contribution in [1.82, 2.24) is 0 Å². The largest absolute Gasteiger partial charge is 0.501 e. The van der Waals surface area contributed by atoms with E-state index in [2.05, 4.69) is 13.8 Å². The minimum Gasteiger partial charge on any atom is -0.501 e. The number of methoxy groups -OCH3 is 1. The Kier molecular flexibility index (Phi) is 49.1. The molecule has 0 fully saturated rings. The molecule has 0 aromatic rings. The molecule has 1 heteroatoms. The standard InChI is InChI=1S/C7H14O.3C2H6/c1-5-6(2)7(3)8-4;3*1-2/h5H2,1-4H3;3*1-2H3/b7-6-;;;. The van der Waals surface area contributed by atoms with Crippen molar-refractivity contribution in [2.45, 2.75) is 68.7 Å². The summed E-state index contributed by atoms with van der Waals surface area (Å²) in [6.45, 7) is 18.2. The molecule has 0 aromatic heterocycles. The van der Waals surface area contributed by atoms with Crippen molar-refractivity contribution >= 4 is 0 Å². The van der Waals surface area contributed by atoms with Crippen LogP contribution >= 0.6 is 0 Å². The SMILES string of the molecule is CC.CC.CC.CC/C(C)=C(/C)OC. The Morgan fingerprint density at radius 1 is 0.857 bits per heavy atom. The highest BCUT2D eigenvalue weighted by atomic mass is 16.5. The van der Waals surface area contributed by atoms with Crippen LogP contribution in [0.4, 0.5) is 0 Å². The predicted molar refractivity (Wildman–Crippen MR) is 69.7 cm³/mol. The number of hydrogen-bond acceptors (Lipinski definition) is 1. The molecule has 0 saturated heterocycles. The lowest BCUT2D eigenvalue weighted by Crippen LogP contribution is -1.83. The van der Waals surface area contributed by atoms with Crippen LogP contribution in [-0.4, -0.2) is 7.11 Å². The van der Waals surface area contributed by atoms with Crippen molar-refractivity contribution in [2.24, 2.45) is 0 Å². The fourth-order valence-corrected chi connectivity index (χ4v) is 0.423. The second kappa shape index (κ2) is 29.4. The van der Waals surface area contributed by atoms with Crippen LogP contribution in [-0.2, 0) is 4.74 Å². The Hall–Kier alpha value is -0.460. The average Bonchev–Trinajstić information content (AvgIpc) is 2.34. The minimum atomic E-state index is 1.05. The van der Waals surface area contributed by atoms with Crippen LogP contribution in [0.3, 0.4) is 0 Å². The van der Waals surface area contributed by atoms with Gasteiger partial charge in [0.1, 0.15) is 0 Å². The molecule has 0 unspecified atom stereocenters. The van der Waals surface area contributed by atoms with E-state index < -0.39 is 0 Å². The number of allylic oxidation sites excluding steroid dienone is 2. The molecule has 0 aliphatic heterocycles. The summed E-state index contributed by atoms with van der Waals surface area (Å²) in [6.07, 6.45) is 1.08. The van der Waals surface area contributed by atoms with Crippen LogP contribution in [0, 0.1) is 0 Å². The van der Waals surface area contributed by atoms with E-state index >= 15 is 0 Å². The first-order valence-corrected chi connectivity index (χ1v) is 5.92. The van der Waals surface area contributed by atoms with Crippen LogP contribution in [0.2, 0.25) is 0 Å². The lowest BCUT2D eigenvalue weighted by molar-refractivity contribution is 0.288. The van der Waals surface area contributed by atoms with Gasteiger partial charge in [0.2, 0.25) is 0 Å². The zero-order valence-corrected chi connectivity index (χ0v) is 12.1. The van der Waals surface area contributed by atoms with Crippen molar-refractivity contribution in [3.63, 3.8) is 0 Å². The normalized spacial score (nSPS) is 8.71. The Morgan fingerprint density at radius 3 is 1.21 bits per heavy atom. The van der Waals surface area contributed by atoms with Crippen molar-refractivity contribution < 1.29 is 4.74 Å². The highest BCUT2D eigenvalue weighted by molar-refractivity contribution is 5.01. The molecule has 0 aliphatic carbocycles. The summed E-state index contributed by atoms with van der Waals surface area (Å²) in [5.41, 5.74) is 1.33. The quantitative estimate of drug-likeness (QED) is 0.546. The smallest absolute Gasteiger partial charge is 0.0913 e. The van der Waals surface area contributed by atoms with Crippen LogP contribution in [0.15, 0.2) is 11.3 Å². The van der Waals surface area contributed by atoms with Gasteiger partial charge in [0.15, 0.2) is 0 Å². The van der Waals surface area contributed by atoms with E-state index in [1.165, 1.54) is 5.57 Å². The topological polar surface area (TPSA) is 9.23 Å². The molecule has 0 saturated carbocycles. The van der Waals surface area contributed by atoms with E-state index in [0.29, 0.717) is 0 Å². The van der Waals surface area contributed by atoms with E-state index in [1.807, 2.05) is 48.5 Å². The molecule has 0 radical (unpaired) electrons. The van der Waals surface area contributed by atoms with Gasteiger partial charge in [0.05, 0.1) is 12.9 Å². The maximum atomic E-state index is 4.98. The number of ether oxygens (including phenoxy) is 1. The van der Waals surface area contributed by atoms with Gasteiger partial charge in [-0.3, -0.25) is 0 Å². The lowest BCUT2D eigenvalue weighted by atomic mass is 10.2. The highest BCUT2D eigenvalue weighted by Gasteiger charge is 1.89. The Labute approximate surface area is 92.6 Å². The minimum absolute atomic E-state index is 1.05. The van der Waals surface area contributed by atoms with Crippen molar-refractivity contribution in [3.05, 3.63) is 11.3 Å². The van der Waals surface area contributed by atoms with Gasteiger partial charge in [-0.2, -0.15) is 0 Å². The number of rotatable bonds is 2. The molecule has 14 heavy (non-hydrogen) atoms. The first-order valence-electron chi connectivity index (χ1n) is 5.92. The molecule has 0 atom stereocenters. The van der Waals surface area contributed by atoms with E-state index in [1.54, 1.807) is 7.11 Å². The van der Waals surface area contributed by atoms with Crippen LogP contribution in [0.25, 0.3) is 0 Å². The van der Waals surface area contributed by atoms with Crippen LogP contribution in [0.5, 0.6) is 0 Å². The molecule has 0 aliphatic rings. The molecular formula is C13H32O. The summed E-state index contributed by atoms with van der Waals surface area (Å²) in [6, 6.07) is 0. The van der Waals surface area contributed by atoms with Gasteiger partial charge in [-0.05, 0) is 25.8 Å². The third kappa shape index (κ3) is 22.5. The molecule has 0 rings (SSSR count). The summed E-state index contributed by atoms with van der Waals surface area (Å²) >= 11 is 0. The van der Waals surface area contributed by atoms with Gasteiger partial charge in [-0.1, -0.05) is 48.5 Å². The van der Waals surface area contributed by atoms with Gasteiger partial charge in [-0.15, -0.1) is 0 Å². The highest BCUT2D eigenvalue weighted by Crippen LogP contribution is 2.05. The van der Waals surface area contributed by atoms with Gasteiger partial charge < -0.3 is 4.74 Å². The third-order valence-corrected chi connectivity index (χ3v) is 1.44. The number of hydrogen-bond donors (Lipinski definition) is 0. The summed E-state index contributed by atoms with van der Waals surface area (Å²) < 4.78 is 4.98. The zero-order chi connectivity index (χ0) is 12.6. The van der Waals surface area contributed by atoms with Crippen molar-refractivity contribution in [2.75, 3.05) is 7.11 Å². The van der Waals surface area contributed by atoms with E-state index in [0.717, 1.165) is 12.2 Å². The first-order chi connectivity index (χ1) is 6.72.